The second kappa shape index (κ2) is 4.88. The van der Waals surface area contributed by atoms with Crippen LogP contribution in [0.2, 0.25) is 0 Å². The average Bonchev–Trinajstić information content (AvgIpc) is 2.18. The molecule has 7 nitrogen and oxygen atoms in total. The molecule has 1 heterocycles. The molecule has 1 atom stereocenters. The van der Waals surface area contributed by atoms with Gasteiger partial charge in [0.1, 0.15) is 6.04 Å². The third-order valence-electron chi connectivity index (χ3n) is 2.18. The Labute approximate surface area is 88.3 Å². The van der Waals surface area contributed by atoms with Crippen molar-refractivity contribution in [1.29, 1.82) is 0 Å². The van der Waals surface area contributed by atoms with Gasteiger partial charge in [-0.2, -0.15) is 4.31 Å². The number of nitrogens with zero attached hydrogens (tertiary/aromatic N) is 1. The van der Waals surface area contributed by atoms with Crippen LogP contribution in [0.15, 0.2) is 0 Å². The molecular formula is C7H15N3O4S. The van der Waals surface area contributed by atoms with E-state index in [0.717, 1.165) is 0 Å². The number of carboxylic acid groups (broad SMARTS) is 1. The Morgan fingerprint density at radius 3 is 2.47 bits per heavy atom. The fourth-order valence-electron chi connectivity index (χ4n) is 1.33. The molecule has 8 heteroatoms. The smallest absolute Gasteiger partial charge is 0.321 e. The zero-order valence-corrected chi connectivity index (χ0v) is 9.03. The maximum Gasteiger partial charge on any atom is 0.321 e. The first-order chi connectivity index (χ1) is 6.93. The molecule has 1 saturated heterocycles. The minimum atomic E-state index is -3.54. The van der Waals surface area contributed by atoms with E-state index in [9.17, 15) is 13.2 Å². The summed E-state index contributed by atoms with van der Waals surface area (Å²) in [5.74, 6) is -1.84. The lowest BCUT2D eigenvalue weighted by molar-refractivity contribution is -0.137. The summed E-state index contributed by atoms with van der Waals surface area (Å²) >= 11 is 0. The molecule has 1 rings (SSSR count). The quantitative estimate of drug-likeness (QED) is 0.504. The summed E-state index contributed by atoms with van der Waals surface area (Å²) < 4.78 is 24.6. The van der Waals surface area contributed by atoms with Gasteiger partial charge in [-0.3, -0.25) is 4.79 Å². The summed E-state index contributed by atoms with van der Waals surface area (Å²) in [6.07, 6.45) is 0. The Morgan fingerprint density at radius 2 is 2.00 bits per heavy atom. The van der Waals surface area contributed by atoms with Crippen LogP contribution in [-0.2, 0) is 14.8 Å². The van der Waals surface area contributed by atoms with Crippen molar-refractivity contribution in [3.8, 4) is 0 Å². The topological polar surface area (TPSA) is 113 Å². The standard InChI is InChI=1S/C7H15N3O4S/c8-6(7(11)12)5-15(13,14)10-3-1-9-2-4-10/h6,9H,1-5,8H2,(H,11,12)/t6-/m0/s1. The van der Waals surface area contributed by atoms with Crippen molar-refractivity contribution in [3.63, 3.8) is 0 Å². The van der Waals surface area contributed by atoms with E-state index in [1.807, 2.05) is 0 Å². The first kappa shape index (κ1) is 12.4. The number of sulfonamides is 1. The lowest BCUT2D eigenvalue weighted by Crippen LogP contribution is -2.50. The Bertz CT molecular complexity index is 323. The van der Waals surface area contributed by atoms with Gasteiger partial charge in [-0.15, -0.1) is 0 Å². The van der Waals surface area contributed by atoms with E-state index >= 15 is 0 Å². The van der Waals surface area contributed by atoms with Gasteiger partial charge in [-0.25, -0.2) is 8.42 Å². The van der Waals surface area contributed by atoms with Crippen molar-refractivity contribution in [1.82, 2.24) is 9.62 Å². The van der Waals surface area contributed by atoms with Gasteiger partial charge in [-0.05, 0) is 0 Å². The van der Waals surface area contributed by atoms with Crippen LogP contribution in [-0.4, -0.2) is 61.8 Å². The molecule has 15 heavy (non-hydrogen) atoms. The molecule has 1 aliphatic rings. The number of hydrogen-bond donors (Lipinski definition) is 3. The van der Waals surface area contributed by atoms with Crippen molar-refractivity contribution >= 4 is 16.0 Å². The number of nitrogens with one attached hydrogen (secondary N) is 1. The van der Waals surface area contributed by atoms with Crippen LogP contribution in [0.25, 0.3) is 0 Å². The SMILES string of the molecule is N[C@@H](CS(=O)(=O)N1CCNCC1)C(=O)O. The Balaban J connectivity index is 2.61. The number of nitrogens with two attached hydrogens (primary N) is 1. The number of aliphatic carboxylic acids is 1. The lowest BCUT2D eigenvalue weighted by atomic mass is 10.4. The number of rotatable bonds is 4. The van der Waals surface area contributed by atoms with Crippen molar-refractivity contribution in [2.24, 2.45) is 5.73 Å². The van der Waals surface area contributed by atoms with Gasteiger partial charge in [0, 0.05) is 26.2 Å². The minimum Gasteiger partial charge on any atom is -0.480 e. The highest BCUT2D eigenvalue weighted by Gasteiger charge is 2.28. The highest BCUT2D eigenvalue weighted by molar-refractivity contribution is 7.89. The van der Waals surface area contributed by atoms with Crippen LogP contribution >= 0.6 is 0 Å². The zero-order chi connectivity index (χ0) is 11.5. The van der Waals surface area contributed by atoms with Crippen LogP contribution in [0.1, 0.15) is 0 Å². The van der Waals surface area contributed by atoms with Gasteiger partial charge in [0.2, 0.25) is 10.0 Å². The second-order valence-corrected chi connectivity index (χ2v) is 5.39. The summed E-state index contributed by atoms with van der Waals surface area (Å²) in [5, 5.41) is 11.5. The van der Waals surface area contributed by atoms with E-state index in [-0.39, 0.29) is 0 Å². The van der Waals surface area contributed by atoms with Gasteiger partial charge < -0.3 is 16.2 Å². The molecule has 88 valence electrons. The lowest BCUT2D eigenvalue weighted by Gasteiger charge is -2.27. The van der Waals surface area contributed by atoms with Crippen LogP contribution in [0.3, 0.4) is 0 Å². The van der Waals surface area contributed by atoms with Crippen LogP contribution in [0.5, 0.6) is 0 Å². The maximum absolute atomic E-state index is 11.7. The summed E-state index contributed by atoms with van der Waals surface area (Å²) in [6.45, 7) is 1.91. The third kappa shape index (κ3) is 3.42. The van der Waals surface area contributed by atoms with E-state index in [4.69, 9.17) is 10.8 Å². The molecule has 0 aromatic rings. The fourth-order valence-corrected chi connectivity index (χ4v) is 2.87. The highest BCUT2D eigenvalue weighted by Crippen LogP contribution is 2.04. The number of carboxylic acids is 1. The van der Waals surface area contributed by atoms with Gasteiger partial charge in [0.25, 0.3) is 0 Å². The van der Waals surface area contributed by atoms with Crippen LogP contribution in [0, 0.1) is 0 Å². The van der Waals surface area contributed by atoms with Crippen molar-refractivity contribution in [2.45, 2.75) is 6.04 Å². The van der Waals surface area contributed by atoms with E-state index < -0.39 is 27.8 Å². The summed E-state index contributed by atoms with van der Waals surface area (Å²) in [5.41, 5.74) is 5.19. The fraction of sp³-hybridized carbons (Fsp3) is 0.857. The summed E-state index contributed by atoms with van der Waals surface area (Å²) in [4.78, 5) is 10.4. The molecule has 0 spiro atoms. The summed E-state index contributed by atoms with van der Waals surface area (Å²) in [6, 6.07) is -1.36. The third-order valence-corrected chi connectivity index (χ3v) is 4.11. The number of hydrogen-bond acceptors (Lipinski definition) is 5. The average molecular weight is 237 g/mol. The van der Waals surface area contributed by atoms with Crippen molar-refractivity contribution in [3.05, 3.63) is 0 Å². The largest absolute Gasteiger partial charge is 0.480 e. The molecule has 0 aromatic carbocycles. The molecule has 0 unspecified atom stereocenters. The van der Waals surface area contributed by atoms with Crippen LogP contribution < -0.4 is 11.1 Å². The predicted octanol–water partition coefficient (Wildman–Crippen LogP) is -2.37. The predicted molar refractivity (Wildman–Crippen MR) is 53.8 cm³/mol. The van der Waals surface area contributed by atoms with Crippen LogP contribution in [0.4, 0.5) is 0 Å². The first-order valence-electron chi connectivity index (χ1n) is 4.60. The molecule has 0 bridgehead atoms. The Kier molecular flexibility index (Phi) is 4.03. The minimum absolute atomic E-state index is 0.370. The first-order valence-corrected chi connectivity index (χ1v) is 6.21. The molecule has 0 aromatic heterocycles. The van der Waals surface area contributed by atoms with Gasteiger partial charge in [-0.1, -0.05) is 0 Å². The molecular weight excluding hydrogens is 222 g/mol. The van der Waals surface area contributed by atoms with E-state index in [0.29, 0.717) is 26.2 Å². The van der Waals surface area contributed by atoms with E-state index in [2.05, 4.69) is 5.32 Å². The van der Waals surface area contributed by atoms with Gasteiger partial charge in [0.05, 0.1) is 5.75 Å². The van der Waals surface area contributed by atoms with Crippen molar-refractivity contribution < 1.29 is 18.3 Å². The molecule has 0 radical (unpaired) electrons. The monoisotopic (exact) mass is 237 g/mol. The normalized spacial score (nSPS) is 21.1. The maximum atomic E-state index is 11.7. The molecule has 0 aliphatic carbocycles. The molecule has 1 fully saturated rings. The second-order valence-electron chi connectivity index (χ2n) is 3.37. The number of carbonyl (C=O) groups is 1. The number of piperazine rings is 1. The van der Waals surface area contributed by atoms with Gasteiger partial charge in [0.15, 0.2) is 0 Å². The summed E-state index contributed by atoms with van der Waals surface area (Å²) in [7, 11) is -3.54. The molecule has 4 N–H and O–H groups in total. The van der Waals surface area contributed by atoms with Gasteiger partial charge >= 0.3 is 5.97 Å². The van der Waals surface area contributed by atoms with E-state index in [1.54, 1.807) is 0 Å². The molecule has 1 aliphatic heterocycles. The molecule has 0 saturated carbocycles. The van der Waals surface area contributed by atoms with Crippen molar-refractivity contribution in [2.75, 3.05) is 31.9 Å². The zero-order valence-electron chi connectivity index (χ0n) is 8.22. The van der Waals surface area contributed by atoms with E-state index in [1.165, 1.54) is 4.31 Å². The Hall–Kier alpha value is -0.700. The highest BCUT2D eigenvalue weighted by atomic mass is 32.2. The Morgan fingerprint density at radius 1 is 1.47 bits per heavy atom. The molecule has 0 amide bonds.